The van der Waals surface area contributed by atoms with E-state index in [2.05, 4.69) is 40.0 Å². The summed E-state index contributed by atoms with van der Waals surface area (Å²) >= 11 is 1.83. The molecule has 158 valence electrons. The maximum absolute atomic E-state index is 11.5. The number of benzene rings is 1. The Morgan fingerprint density at radius 3 is 2.42 bits per heavy atom. The Morgan fingerprint density at radius 1 is 1.03 bits per heavy atom. The van der Waals surface area contributed by atoms with Crippen molar-refractivity contribution in [3.8, 4) is 11.5 Å². The number of hydrogen-bond acceptors (Lipinski definition) is 14. The van der Waals surface area contributed by atoms with Gasteiger partial charge in [0.25, 0.3) is 5.13 Å². The summed E-state index contributed by atoms with van der Waals surface area (Å²) in [6, 6.07) is 4.83. The van der Waals surface area contributed by atoms with E-state index in [1.807, 2.05) is 0 Å². The number of phenols is 2. The normalized spacial score (nSPS) is 12.5. The van der Waals surface area contributed by atoms with Gasteiger partial charge in [0.05, 0.1) is 0 Å². The minimum atomic E-state index is -3.51. The Labute approximate surface area is 182 Å². The molecule has 15 heteroatoms. The van der Waals surface area contributed by atoms with Gasteiger partial charge in [-0.3, -0.25) is 4.98 Å². The smallest absolute Gasteiger partial charge is 0.252 e. The number of aromatic hydroxyl groups is 2. The molecule has 3 heterocycles. The molecule has 12 nitrogen and oxygen atoms in total. The van der Waals surface area contributed by atoms with Gasteiger partial charge in [-0.2, -0.15) is 4.37 Å². The van der Waals surface area contributed by atoms with E-state index in [4.69, 9.17) is 0 Å². The fraction of sp³-hybridized carbons (Fsp3) is 0.125. The first-order valence-corrected chi connectivity index (χ1v) is 11.8. The first kappa shape index (κ1) is 20.8. The van der Waals surface area contributed by atoms with Crippen LogP contribution in [0, 0.1) is 6.92 Å². The van der Waals surface area contributed by atoms with Crippen LogP contribution in [0.3, 0.4) is 0 Å². The highest BCUT2D eigenvalue weighted by molar-refractivity contribution is 7.92. The van der Waals surface area contributed by atoms with Crippen LogP contribution in [0.15, 0.2) is 49.2 Å². The highest BCUT2D eigenvalue weighted by Crippen LogP contribution is 2.44. The summed E-state index contributed by atoms with van der Waals surface area (Å²) in [7, 11) is -3.51. The second-order valence-corrected chi connectivity index (χ2v) is 10.0. The summed E-state index contributed by atoms with van der Waals surface area (Å²) in [5, 5.41) is 44.0. The Morgan fingerprint density at radius 2 is 1.74 bits per heavy atom. The van der Waals surface area contributed by atoms with Crippen LogP contribution in [0.2, 0.25) is 0 Å². The fourth-order valence-corrected chi connectivity index (χ4v) is 4.41. The summed E-state index contributed by atoms with van der Waals surface area (Å²) in [6.45, 7) is 1.47. The van der Waals surface area contributed by atoms with E-state index in [-0.39, 0.29) is 37.9 Å². The number of phenolic OH excluding ortho intramolecular Hbond substituents is 2. The number of sulfone groups is 1. The number of nitrogens with zero attached hydrogens (tertiary/aromatic N) is 8. The predicted octanol–water partition coefficient (Wildman–Crippen LogP) is 4.50. The van der Waals surface area contributed by atoms with Gasteiger partial charge < -0.3 is 10.2 Å². The minimum Gasteiger partial charge on any atom is -0.505 e. The second-order valence-electron chi connectivity index (χ2n) is 6.12. The van der Waals surface area contributed by atoms with Crippen LogP contribution in [0.5, 0.6) is 11.5 Å². The molecule has 0 unspecified atom stereocenters. The van der Waals surface area contributed by atoms with Gasteiger partial charge in [-0.1, -0.05) is 11.3 Å². The van der Waals surface area contributed by atoms with Crippen molar-refractivity contribution in [2.75, 3.05) is 6.26 Å². The van der Waals surface area contributed by atoms with E-state index in [1.54, 1.807) is 18.3 Å². The van der Waals surface area contributed by atoms with Gasteiger partial charge in [-0.25, -0.2) is 8.42 Å². The molecule has 31 heavy (non-hydrogen) atoms. The molecule has 2 N–H and O–H groups in total. The molecule has 1 aromatic carbocycles. The van der Waals surface area contributed by atoms with Crippen molar-refractivity contribution in [2.24, 2.45) is 20.5 Å². The van der Waals surface area contributed by atoms with E-state index in [0.717, 1.165) is 29.1 Å². The lowest BCUT2D eigenvalue weighted by Gasteiger charge is -2.06. The standard InChI is InChI=1S/C16H12N8O4S3/c1-7-12(25)9(18-20-14-11-8(24-30-14)4-3-5-17-11)6-10(13(7)26)19-21-15-22-23-16(29-15)31(2,27)28/h3-6,25-26H,1-2H3/b20-18+,21-19+. The monoisotopic (exact) mass is 476 g/mol. The number of pyridine rings is 1. The van der Waals surface area contributed by atoms with Gasteiger partial charge >= 0.3 is 0 Å². The predicted molar refractivity (Wildman–Crippen MR) is 113 cm³/mol. The van der Waals surface area contributed by atoms with Crippen LogP contribution in [-0.4, -0.2) is 44.4 Å². The van der Waals surface area contributed by atoms with Crippen LogP contribution < -0.4 is 0 Å². The molecule has 0 amide bonds. The van der Waals surface area contributed by atoms with E-state index in [1.165, 1.54) is 13.0 Å². The number of azo groups is 2. The summed E-state index contributed by atoms with van der Waals surface area (Å²) in [5.74, 6) is -0.602. The summed E-state index contributed by atoms with van der Waals surface area (Å²) in [5.41, 5.74) is 1.38. The molecule has 0 aliphatic rings. The highest BCUT2D eigenvalue weighted by atomic mass is 32.2. The number of aromatic nitrogens is 4. The fourth-order valence-electron chi connectivity index (χ4n) is 2.34. The zero-order chi connectivity index (χ0) is 22.2. The molecular formula is C16H12N8O4S3. The first-order valence-electron chi connectivity index (χ1n) is 8.37. The zero-order valence-corrected chi connectivity index (χ0v) is 18.3. The molecule has 0 radical (unpaired) electrons. The molecule has 0 bridgehead atoms. The largest absolute Gasteiger partial charge is 0.505 e. The van der Waals surface area contributed by atoms with Gasteiger partial charge in [0, 0.05) is 24.1 Å². The summed E-state index contributed by atoms with van der Waals surface area (Å²) in [6.07, 6.45) is 2.61. The van der Waals surface area contributed by atoms with E-state index in [9.17, 15) is 18.6 Å². The van der Waals surface area contributed by atoms with Gasteiger partial charge in [-0.05, 0) is 30.6 Å². The van der Waals surface area contributed by atoms with Crippen LogP contribution >= 0.6 is 22.9 Å². The third kappa shape index (κ3) is 4.23. The number of hydrogen-bond donors (Lipinski definition) is 2. The molecule has 3 aromatic heterocycles. The van der Waals surface area contributed by atoms with Crippen molar-refractivity contribution >= 4 is 65.2 Å². The van der Waals surface area contributed by atoms with Crippen molar-refractivity contribution < 1.29 is 18.6 Å². The Kier molecular flexibility index (Phi) is 5.38. The minimum absolute atomic E-state index is 0.0177. The molecule has 0 aliphatic carbocycles. The average molecular weight is 477 g/mol. The summed E-state index contributed by atoms with van der Waals surface area (Å²) in [4.78, 5) is 4.21. The van der Waals surface area contributed by atoms with E-state index >= 15 is 0 Å². The first-order chi connectivity index (χ1) is 14.7. The van der Waals surface area contributed by atoms with Crippen LogP contribution in [-0.2, 0) is 9.84 Å². The van der Waals surface area contributed by atoms with Crippen molar-refractivity contribution in [2.45, 2.75) is 11.3 Å². The molecule has 4 rings (SSSR count). The van der Waals surface area contributed by atoms with Crippen molar-refractivity contribution in [1.29, 1.82) is 0 Å². The molecule has 0 spiro atoms. The molecule has 0 aliphatic heterocycles. The SMILES string of the molecule is Cc1c(O)c(/N=N/c2nnc(S(C)(=O)=O)s2)cc(/N=N/c2snc3cccnc23)c1O. The van der Waals surface area contributed by atoms with Crippen molar-refractivity contribution in [1.82, 2.24) is 19.6 Å². The van der Waals surface area contributed by atoms with Gasteiger partial charge in [0.1, 0.15) is 33.9 Å². The lowest BCUT2D eigenvalue weighted by atomic mass is 10.1. The Hall–Kier alpha value is -3.43. The van der Waals surface area contributed by atoms with Crippen molar-refractivity contribution in [3.63, 3.8) is 0 Å². The Bertz CT molecular complexity index is 1460. The van der Waals surface area contributed by atoms with Gasteiger partial charge in [0.2, 0.25) is 14.2 Å². The molecule has 0 atom stereocenters. The van der Waals surface area contributed by atoms with Gasteiger partial charge in [0.15, 0.2) is 5.00 Å². The molecule has 0 saturated carbocycles. The highest BCUT2D eigenvalue weighted by Gasteiger charge is 2.17. The molecular weight excluding hydrogens is 464 g/mol. The van der Waals surface area contributed by atoms with Gasteiger partial charge in [-0.15, -0.1) is 30.7 Å². The quantitative estimate of drug-likeness (QED) is 0.396. The van der Waals surface area contributed by atoms with E-state index in [0.29, 0.717) is 16.0 Å². The summed E-state index contributed by atoms with van der Waals surface area (Å²) < 4.78 is 27.0. The lowest BCUT2D eigenvalue weighted by molar-refractivity contribution is 0.445. The number of rotatable bonds is 5. The molecule has 0 saturated heterocycles. The van der Waals surface area contributed by atoms with Crippen LogP contribution in [0.1, 0.15) is 5.56 Å². The maximum atomic E-state index is 11.5. The zero-order valence-electron chi connectivity index (χ0n) is 15.8. The van der Waals surface area contributed by atoms with E-state index < -0.39 is 9.84 Å². The second kappa shape index (κ2) is 8.01. The Balaban J connectivity index is 1.68. The maximum Gasteiger partial charge on any atom is 0.252 e. The average Bonchev–Trinajstić information content (AvgIpc) is 3.38. The topological polar surface area (TPSA) is 176 Å². The lowest BCUT2D eigenvalue weighted by Crippen LogP contribution is -1.95. The van der Waals surface area contributed by atoms with Crippen molar-refractivity contribution in [3.05, 3.63) is 30.0 Å². The van der Waals surface area contributed by atoms with Crippen LogP contribution in [0.25, 0.3) is 11.0 Å². The molecule has 4 aromatic rings. The third-order valence-electron chi connectivity index (χ3n) is 3.89. The number of fused-ring (bicyclic) bond motifs is 1. The third-order valence-corrected chi connectivity index (χ3v) is 7.11. The molecule has 0 fully saturated rings. The van der Waals surface area contributed by atoms with Crippen LogP contribution in [0.4, 0.5) is 21.5 Å².